The van der Waals surface area contributed by atoms with E-state index in [1.807, 2.05) is 6.07 Å². The molecular weight excluding hydrogens is 657 g/mol. The molecule has 11 rings (SSSR count). The average Bonchev–Trinajstić information content (AvgIpc) is 3.69. The molecule has 0 radical (unpaired) electrons. The van der Waals surface area contributed by atoms with Gasteiger partial charge < -0.3 is 4.42 Å². The molecule has 54 heavy (non-hydrogen) atoms. The zero-order chi connectivity index (χ0) is 35.6. The Morgan fingerprint density at radius 1 is 0.426 bits per heavy atom. The number of pyridine rings is 1. The highest BCUT2D eigenvalue weighted by atomic mass is 16.3. The van der Waals surface area contributed by atoms with Crippen molar-refractivity contribution >= 4 is 39.0 Å². The summed E-state index contributed by atoms with van der Waals surface area (Å²) in [7, 11) is 0. The molecule has 3 heteroatoms. The van der Waals surface area contributed by atoms with Crippen LogP contribution in [0, 0.1) is 0 Å². The molecule has 0 unspecified atom stereocenters. The summed E-state index contributed by atoms with van der Waals surface area (Å²) in [6.45, 7) is 1.05. The van der Waals surface area contributed by atoms with E-state index >= 15 is 0 Å². The summed E-state index contributed by atoms with van der Waals surface area (Å²) in [5.74, 6) is 0. The zero-order valence-corrected chi connectivity index (χ0v) is 29.9. The molecule has 0 amide bonds. The number of hydrogen-bond acceptors (Lipinski definition) is 2. The topological polar surface area (TPSA) is 26.0 Å². The number of hydrogen-bond donors (Lipinski definition) is 0. The fourth-order valence-corrected chi connectivity index (χ4v) is 9.22. The second kappa shape index (κ2) is 12.3. The van der Waals surface area contributed by atoms with Gasteiger partial charge in [0, 0.05) is 62.4 Å². The third-order valence-electron chi connectivity index (χ3n) is 11.7. The Kier molecular flexibility index (Phi) is 7.05. The Labute approximate surface area is 315 Å². The highest BCUT2D eigenvalue weighted by Gasteiger charge is 2.47. The van der Waals surface area contributed by atoms with Crippen molar-refractivity contribution in [3.63, 3.8) is 0 Å². The zero-order valence-electron chi connectivity index (χ0n) is 29.9. The second-order valence-corrected chi connectivity index (χ2v) is 14.7. The maximum Gasteiger partial charge on any atom is 0.151 e. The van der Waals surface area contributed by atoms with E-state index in [1.54, 1.807) is 0 Å². The Morgan fingerprint density at radius 3 is 1.83 bits per heavy atom. The largest absolute Gasteiger partial charge is 0.455 e. The maximum atomic E-state index is 6.57. The van der Waals surface area contributed by atoms with Gasteiger partial charge in [0.25, 0.3) is 0 Å². The Morgan fingerprint density at radius 2 is 1.04 bits per heavy atom. The number of nitrogens with zero attached hydrogens (tertiary/aromatic N) is 2. The van der Waals surface area contributed by atoms with Crippen molar-refractivity contribution in [1.29, 1.82) is 0 Å². The molecule has 0 fully saturated rings. The average molecular weight is 694 g/mol. The van der Waals surface area contributed by atoms with Crippen LogP contribution in [0.15, 0.2) is 180 Å². The lowest BCUT2D eigenvalue weighted by Crippen LogP contribution is -2.38. The van der Waals surface area contributed by atoms with Gasteiger partial charge in [-0.2, -0.15) is 0 Å². The van der Waals surface area contributed by atoms with E-state index in [0.717, 1.165) is 85.9 Å². The van der Waals surface area contributed by atoms with Crippen LogP contribution >= 0.6 is 0 Å². The Balaban J connectivity index is 1.09. The quantitative estimate of drug-likeness (QED) is 0.172. The van der Waals surface area contributed by atoms with Crippen LogP contribution in [0.25, 0.3) is 77.8 Å². The van der Waals surface area contributed by atoms with Gasteiger partial charge >= 0.3 is 0 Å². The monoisotopic (exact) mass is 693 g/mol. The first-order chi connectivity index (χ1) is 26.7. The van der Waals surface area contributed by atoms with Gasteiger partial charge in [0.1, 0.15) is 16.9 Å². The summed E-state index contributed by atoms with van der Waals surface area (Å²) in [5.41, 5.74) is 18.7. The molecule has 2 aliphatic heterocycles. The summed E-state index contributed by atoms with van der Waals surface area (Å²) < 4.78 is 7.35. The summed E-state index contributed by atoms with van der Waals surface area (Å²) in [4.78, 5) is 5.42. The van der Waals surface area contributed by atoms with Crippen molar-refractivity contribution in [3.8, 4) is 55.9 Å². The highest BCUT2D eigenvalue weighted by Crippen LogP contribution is 2.59. The van der Waals surface area contributed by atoms with Gasteiger partial charge in [-0.15, -0.1) is 0 Å². The molecular formula is C51H37N2O+. The first-order valence-corrected chi connectivity index (χ1v) is 19.0. The molecule has 0 N–H and O–H groups in total. The first kappa shape index (κ1) is 31.0. The minimum absolute atomic E-state index is 0.780. The predicted octanol–water partition coefficient (Wildman–Crippen LogP) is 13.9. The number of benzene rings is 7. The lowest BCUT2D eigenvalue weighted by Gasteiger charge is -2.35. The number of aromatic nitrogens is 1. The van der Waals surface area contributed by atoms with Crippen LogP contribution in [0.5, 0.6) is 0 Å². The van der Waals surface area contributed by atoms with E-state index in [0.29, 0.717) is 0 Å². The lowest BCUT2D eigenvalue weighted by molar-refractivity contribution is 0.514. The normalized spacial score (nSPS) is 14.1. The van der Waals surface area contributed by atoms with Crippen molar-refractivity contribution in [2.45, 2.75) is 19.3 Å². The lowest BCUT2D eigenvalue weighted by atomic mass is 9.96. The summed E-state index contributed by atoms with van der Waals surface area (Å²) in [6.07, 6.45) is 3.35. The van der Waals surface area contributed by atoms with E-state index in [9.17, 15) is 0 Å². The molecule has 2 aromatic heterocycles. The van der Waals surface area contributed by atoms with Gasteiger partial charge in [-0.25, -0.2) is 9.47 Å². The second-order valence-electron chi connectivity index (χ2n) is 14.7. The van der Waals surface area contributed by atoms with Gasteiger partial charge in [-0.05, 0) is 78.4 Å². The van der Waals surface area contributed by atoms with Gasteiger partial charge in [0.15, 0.2) is 11.4 Å². The summed E-state index contributed by atoms with van der Waals surface area (Å²) in [6, 6.07) is 63.8. The van der Waals surface area contributed by atoms with Crippen molar-refractivity contribution in [2.24, 2.45) is 0 Å². The fraction of sp³-hybridized carbons (Fsp3) is 0.0784. The molecule has 4 heterocycles. The smallest absolute Gasteiger partial charge is 0.151 e. The van der Waals surface area contributed by atoms with Crippen LogP contribution in [-0.4, -0.2) is 11.5 Å². The number of quaternary nitrogens is 1. The number of para-hydroxylation sites is 4. The SMILES string of the molecule is c1ccc(-c2ccc(-c3cc(-c4cccc5c4oc4ccccc45)cc(-c4ccc5c(c4)CCCC[N+]54c5ccccc5-c5ccccc54)n3)cc2)cc1. The third kappa shape index (κ3) is 4.75. The number of aryl methyl sites for hydroxylation is 1. The van der Waals surface area contributed by atoms with Crippen LogP contribution in [-0.2, 0) is 6.42 Å². The summed E-state index contributed by atoms with van der Waals surface area (Å²) >= 11 is 0. The van der Waals surface area contributed by atoms with Gasteiger partial charge in [-0.1, -0.05) is 115 Å². The minimum Gasteiger partial charge on any atom is -0.455 e. The molecule has 0 aliphatic carbocycles. The van der Waals surface area contributed by atoms with Crippen molar-refractivity contribution in [1.82, 2.24) is 9.47 Å². The van der Waals surface area contributed by atoms with E-state index in [1.165, 1.54) is 44.9 Å². The van der Waals surface area contributed by atoms with Gasteiger partial charge in [-0.3, -0.25) is 0 Å². The van der Waals surface area contributed by atoms with Crippen molar-refractivity contribution in [2.75, 3.05) is 6.54 Å². The van der Waals surface area contributed by atoms with Crippen LogP contribution in [0.1, 0.15) is 18.4 Å². The van der Waals surface area contributed by atoms with E-state index < -0.39 is 0 Å². The highest BCUT2D eigenvalue weighted by molar-refractivity contribution is 6.09. The molecule has 256 valence electrons. The summed E-state index contributed by atoms with van der Waals surface area (Å²) in [5, 5.41) is 2.26. The van der Waals surface area contributed by atoms with Crippen LogP contribution in [0.4, 0.5) is 17.1 Å². The van der Waals surface area contributed by atoms with Gasteiger partial charge in [0.05, 0.1) is 17.9 Å². The minimum atomic E-state index is 0.780. The van der Waals surface area contributed by atoms with Crippen LogP contribution in [0.3, 0.4) is 0 Å². The van der Waals surface area contributed by atoms with Crippen molar-refractivity contribution < 1.29 is 4.42 Å². The van der Waals surface area contributed by atoms with Crippen molar-refractivity contribution in [3.05, 3.63) is 181 Å². The standard InChI is InChI=1S/C51H37N2O/c1-2-13-34(14-3-1)35-24-26-36(27-25-35)45-32-39(40-19-12-20-44-43-18-6-9-23-50(43)54-51(40)44)33-46(52-45)37-28-29-47-38(31-37)15-10-11-30-53(47)48-21-7-4-16-41(48)42-17-5-8-22-49(42)53/h1-9,12-14,16-29,31-33H,10-11,15,30H2/q+1. The Hall–Kier alpha value is -6.55. The van der Waals surface area contributed by atoms with E-state index in [-0.39, 0.29) is 0 Å². The molecule has 0 bridgehead atoms. The molecule has 0 saturated carbocycles. The van der Waals surface area contributed by atoms with Crippen LogP contribution < -0.4 is 4.48 Å². The fourth-order valence-electron chi connectivity index (χ4n) is 9.22. The third-order valence-corrected chi connectivity index (χ3v) is 11.7. The molecule has 1 spiro atoms. The first-order valence-electron chi connectivity index (χ1n) is 19.0. The predicted molar refractivity (Wildman–Crippen MR) is 224 cm³/mol. The number of fused-ring (bicyclic) bond motifs is 10. The van der Waals surface area contributed by atoms with E-state index in [4.69, 9.17) is 9.40 Å². The number of furan rings is 1. The number of rotatable bonds is 4. The van der Waals surface area contributed by atoms with Crippen LogP contribution in [0.2, 0.25) is 0 Å². The Bertz CT molecular complexity index is 2840. The molecule has 2 aliphatic rings. The molecule has 7 aromatic carbocycles. The molecule has 9 aromatic rings. The van der Waals surface area contributed by atoms with E-state index in [2.05, 4.69) is 170 Å². The van der Waals surface area contributed by atoms with Gasteiger partial charge in [0.2, 0.25) is 0 Å². The molecule has 0 atom stereocenters. The molecule has 0 saturated heterocycles. The molecule has 3 nitrogen and oxygen atoms in total. The maximum absolute atomic E-state index is 6.57.